The molecule has 1 heterocycles. The lowest BCUT2D eigenvalue weighted by Crippen LogP contribution is -1.85. The molecule has 2 nitrogen and oxygen atoms in total. The Bertz CT molecular complexity index is 667. The Hall–Kier alpha value is -1.41. The molecule has 0 aliphatic rings. The molecule has 41 heavy (non-hydrogen) atoms. The molecule has 0 radical (unpaired) electrons. The van der Waals surface area contributed by atoms with Crippen LogP contribution in [0.4, 0.5) is 0 Å². The highest BCUT2D eigenvalue weighted by Gasteiger charge is 1.96. The van der Waals surface area contributed by atoms with E-state index in [2.05, 4.69) is 24.0 Å². The fourth-order valence-corrected chi connectivity index (χ4v) is 5.81. The van der Waals surface area contributed by atoms with Crippen molar-refractivity contribution in [2.24, 2.45) is 0 Å². The Morgan fingerprint density at radius 3 is 1.05 bits per heavy atom. The number of hydrogen-bond donors (Lipinski definition) is 1. The maximum absolute atomic E-state index is 8.76. The minimum Gasteiger partial charge on any atom is -0.396 e. The highest BCUT2D eigenvalue weighted by molar-refractivity contribution is 5.80. The topological polar surface area (TPSA) is 33.1 Å². The van der Waals surface area contributed by atoms with Gasteiger partial charge in [0.15, 0.2) is 0 Å². The summed E-state index contributed by atoms with van der Waals surface area (Å²) in [5.74, 6) is 0. The zero-order valence-corrected chi connectivity index (χ0v) is 27.4. The van der Waals surface area contributed by atoms with Gasteiger partial charge in [-0.05, 0) is 23.3 Å². The van der Waals surface area contributed by atoms with E-state index in [-0.39, 0.29) is 0 Å². The normalized spacial score (nSPS) is 11.1. The van der Waals surface area contributed by atoms with E-state index in [4.69, 9.17) is 5.11 Å². The quantitative estimate of drug-likeness (QED) is 0.104. The molecule has 0 aliphatic heterocycles. The first kappa shape index (κ1) is 37.6. The third-order valence-electron chi connectivity index (χ3n) is 8.56. The second-order valence-corrected chi connectivity index (χ2v) is 12.5. The van der Waals surface area contributed by atoms with Gasteiger partial charge in [-0.25, -0.2) is 0 Å². The van der Waals surface area contributed by atoms with Gasteiger partial charge in [0.2, 0.25) is 0 Å². The van der Waals surface area contributed by atoms with Crippen molar-refractivity contribution in [3.8, 4) is 0 Å². The number of aliphatic hydroxyl groups excluding tert-OH is 1. The van der Waals surface area contributed by atoms with Crippen molar-refractivity contribution in [1.82, 2.24) is 4.98 Å². The van der Waals surface area contributed by atoms with E-state index in [1.54, 1.807) is 0 Å². The zero-order chi connectivity index (χ0) is 29.3. The molecule has 0 bridgehead atoms. The Morgan fingerprint density at radius 1 is 0.415 bits per heavy atom. The molecule has 2 rings (SSSR count). The van der Waals surface area contributed by atoms with Crippen LogP contribution in [0.5, 0.6) is 0 Å². The second-order valence-electron chi connectivity index (χ2n) is 12.5. The summed E-state index contributed by atoms with van der Waals surface area (Å²) in [6.07, 6.45) is 43.7. The van der Waals surface area contributed by atoms with Gasteiger partial charge in [0, 0.05) is 19.0 Å². The molecule has 2 aromatic rings. The monoisotopic (exact) mass is 568 g/mol. The molecule has 1 aromatic heterocycles. The van der Waals surface area contributed by atoms with Crippen molar-refractivity contribution in [3.63, 3.8) is 0 Å². The van der Waals surface area contributed by atoms with Crippen LogP contribution in [0.15, 0.2) is 42.7 Å². The fraction of sp³-hybridized carbons (Fsp3) is 0.769. The summed E-state index contributed by atoms with van der Waals surface area (Å²) < 4.78 is 0. The van der Waals surface area contributed by atoms with Crippen LogP contribution in [-0.4, -0.2) is 16.7 Å². The summed E-state index contributed by atoms with van der Waals surface area (Å²) in [4.78, 5) is 4.01. The highest BCUT2D eigenvalue weighted by Crippen LogP contribution is 2.16. The van der Waals surface area contributed by atoms with Crippen molar-refractivity contribution in [1.29, 1.82) is 0 Å². The molecular formula is C39H69NO. The Kier molecular flexibility index (Phi) is 28.9. The molecule has 1 aromatic carbocycles. The lowest BCUT2D eigenvalue weighted by atomic mass is 10.0. The number of nitrogens with zero attached hydrogens (tertiary/aromatic N) is 1. The number of aliphatic hydroxyl groups is 1. The van der Waals surface area contributed by atoms with E-state index in [1.807, 2.05) is 30.6 Å². The van der Waals surface area contributed by atoms with Crippen molar-refractivity contribution >= 4 is 10.8 Å². The predicted molar refractivity (Wildman–Crippen MR) is 184 cm³/mol. The van der Waals surface area contributed by atoms with Crippen LogP contribution in [0.2, 0.25) is 0 Å². The number of hydrogen-bond acceptors (Lipinski definition) is 2. The van der Waals surface area contributed by atoms with Gasteiger partial charge in [-0.1, -0.05) is 205 Å². The minimum atomic E-state index is 0.374. The van der Waals surface area contributed by atoms with E-state index in [9.17, 15) is 0 Å². The third-order valence-corrected chi connectivity index (χ3v) is 8.56. The van der Waals surface area contributed by atoms with Crippen LogP contribution in [0.3, 0.4) is 0 Å². The average Bonchev–Trinajstić information content (AvgIpc) is 3.01. The SMILES string of the molecule is CCCCCCCCCCCCCCCCCCCCCCCCCCCCCCO.c1ccc2cnccc2c1. The molecule has 2 heteroatoms. The first-order valence-electron chi connectivity index (χ1n) is 18.3. The van der Waals surface area contributed by atoms with E-state index >= 15 is 0 Å². The second kappa shape index (κ2) is 31.5. The lowest BCUT2D eigenvalue weighted by Gasteiger charge is -2.04. The molecule has 0 spiro atoms. The summed E-state index contributed by atoms with van der Waals surface area (Å²) >= 11 is 0. The van der Waals surface area contributed by atoms with Crippen molar-refractivity contribution in [3.05, 3.63) is 42.7 Å². The number of rotatable bonds is 28. The highest BCUT2D eigenvalue weighted by atomic mass is 16.2. The van der Waals surface area contributed by atoms with Gasteiger partial charge in [-0.3, -0.25) is 4.98 Å². The summed E-state index contributed by atoms with van der Waals surface area (Å²) in [7, 11) is 0. The molecule has 0 aliphatic carbocycles. The molecule has 0 unspecified atom stereocenters. The number of aromatic nitrogens is 1. The molecular weight excluding hydrogens is 498 g/mol. The summed E-state index contributed by atoms with van der Waals surface area (Å²) in [6.45, 7) is 2.68. The van der Waals surface area contributed by atoms with Crippen LogP contribution in [0, 0.1) is 0 Å². The standard InChI is InChI=1S/C30H62O.C9H7N/c1-2-3-4-5-6-7-8-9-10-11-12-13-14-15-16-17-18-19-20-21-22-23-24-25-26-27-28-29-30-31;1-2-4-9-7-10-6-5-8(9)3-1/h31H,2-30H2,1H3;1-7H. The molecule has 0 amide bonds. The first-order valence-corrected chi connectivity index (χ1v) is 18.3. The van der Waals surface area contributed by atoms with E-state index < -0.39 is 0 Å². The molecule has 0 atom stereocenters. The number of pyridine rings is 1. The molecule has 0 saturated heterocycles. The van der Waals surface area contributed by atoms with Crippen molar-refractivity contribution < 1.29 is 5.11 Å². The average molecular weight is 568 g/mol. The number of fused-ring (bicyclic) bond motifs is 1. The van der Waals surface area contributed by atoms with Gasteiger partial charge in [-0.15, -0.1) is 0 Å². The van der Waals surface area contributed by atoms with Crippen LogP contribution in [0.1, 0.15) is 187 Å². The number of unbranched alkanes of at least 4 members (excludes halogenated alkanes) is 27. The molecule has 0 saturated carbocycles. The maximum Gasteiger partial charge on any atom is 0.0431 e. The van der Waals surface area contributed by atoms with Crippen LogP contribution in [0.25, 0.3) is 10.8 Å². The Morgan fingerprint density at radius 2 is 0.732 bits per heavy atom. The molecule has 1 N–H and O–H groups in total. The van der Waals surface area contributed by atoms with Crippen LogP contribution >= 0.6 is 0 Å². The van der Waals surface area contributed by atoms with Gasteiger partial charge >= 0.3 is 0 Å². The van der Waals surface area contributed by atoms with E-state index in [0.717, 1.165) is 6.42 Å². The van der Waals surface area contributed by atoms with Gasteiger partial charge in [0.25, 0.3) is 0 Å². The van der Waals surface area contributed by atoms with Crippen molar-refractivity contribution in [2.75, 3.05) is 6.61 Å². The fourth-order valence-electron chi connectivity index (χ4n) is 5.81. The van der Waals surface area contributed by atoms with Gasteiger partial charge < -0.3 is 5.11 Å². The Balaban J connectivity index is 0.000000688. The Labute approximate surface area is 256 Å². The van der Waals surface area contributed by atoms with E-state index in [1.165, 1.54) is 184 Å². The van der Waals surface area contributed by atoms with E-state index in [0.29, 0.717) is 6.61 Å². The zero-order valence-electron chi connectivity index (χ0n) is 27.4. The van der Waals surface area contributed by atoms with Crippen LogP contribution < -0.4 is 0 Å². The summed E-state index contributed by atoms with van der Waals surface area (Å²) in [5, 5.41) is 11.2. The smallest absolute Gasteiger partial charge is 0.0431 e. The van der Waals surface area contributed by atoms with Crippen LogP contribution in [-0.2, 0) is 0 Å². The summed E-state index contributed by atoms with van der Waals surface area (Å²) in [5.41, 5.74) is 0. The minimum absolute atomic E-state index is 0.374. The largest absolute Gasteiger partial charge is 0.396 e. The molecule has 0 fully saturated rings. The third kappa shape index (κ3) is 26.0. The van der Waals surface area contributed by atoms with Gasteiger partial charge in [-0.2, -0.15) is 0 Å². The maximum atomic E-state index is 8.76. The van der Waals surface area contributed by atoms with Gasteiger partial charge in [0.1, 0.15) is 0 Å². The van der Waals surface area contributed by atoms with Crippen molar-refractivity contribution in [2.45, 2.75) is 187 Å². The predicted octanol–water partition coefficient (Wildman–Crippen LogP) is 13.2. The van der Waals surface area contributed by atoms with Gasteiger partial charge in [0.05, 0.1) is 0 Å². The molecule has 236 valence electrons. The first-order chi connectivity index (χ1) is 20.4. The lowest BCUT2D eigenvalue weighted by molar-refractivity contribution is 0.282. The number of benzene rings is 1. The summed E-state index contributed by atoms with van der Waals surface area (Å²) in [6, 6.07) is 10.2.